The molecule has 0 aliphatic carbocycles. The number of nitrogens with zero attached hydrogens (tertiary/aromatic N) is 1. The summed E-state index contributed by atoms with van der Waals surface area (Å²) in [6, 6.07) is 9.16. The third-order valence-corrected chi connectivity index (χ3v) is 3.47. The Labute approximate surface area is 112 Å². The average Bonchev–Trinajstić information content (AvgIpc) is 2.38. The molecule has 2 heteroatoms. The molecule has 0 saturated heterocycles. The minimum absolute atomic E-state index is 0.611. The van der Waals surface area contributed by atoms with Gasteiger partial charge in [0.05, 0.1) is 0 Å². The van der Waals surface area contributed by atoms with E-state index in [1.807, 2.05) is 0 Å². The summed E-state index contributed by atoms with van der Waals surface area (Å²) >= 11 is 0. The maximum absolute atomic E-state index is 5.88. The first-order valence-corrected chi connectivity index (χ1v) is 7.18. The standard InChI is InChI=1S/C16H28N2/c1-5-15(6-2)18(12-13(3)4)16-10-8-7-9-14(16)11-17/h7-10,13,15H,5-6,11-12,17H2,1-4H3. The Hall–Kier alpha value is -1.02. The van der Waals surface area contributed by atoms with Gasteiger partial charge in [-0.1, -0.05) is 45.9 Å². The van der Waals surface area contributed by atoms with Gasteiger partial charge in [-0.25, -0.2) is 0 Å². The predicted octanol–water partition coefficient (Wildman–Crippen LogP) is 3.80. The van der Waals surface area contributed by atoms with Gasteiger partial charge in [-0.2, -0.15) is 0 Å². The van der Waals surface area contributed by atoms with E-state index >= 15 is 0 Å². The van der Waals surface area contributed by atoms with Crippen LogP contribution in [0.3, 0.4) is 0 Å². The molecule has 0 aliphatic heterocycles. The Balaban J connectivity index is 3.07. The number of rotatable bonds is 7. The molecule has 0 fully saturated rings. The van der Waals surface area contributed by atoms with Gasteiger partial charge in [0.2, 0.25) is 0 Å². The molecule has 0 atom stereocenters. The molecule has 0 amide bonds. The fourth-order valence-electron chi connectivity index (χ4n) is 2.53. The lowest BCUT2D eigenvalue weighted by Crippen LogP contribution is -2.38. The zero-order chi connectivity index (χ0) is 13.5. The second-order valence-corrected chi connectivity index (χ2v) is 5.35. The van der Waals surface area contributed by atoms with E-state index < -0.39 is 0 Å². The summed E-state index contributed by atoms with van der Waals surface area (Å²) in [5, 5.41) is 0. The maximum Gasteiger partial charge on any atom is 0.0414 e. The first kappa shape index (κ1) is 15.0. The van der Waals surface area contributed by atoms with Gasteiger partial charge in [-0.05, 0) is 30.4 Å². The quantitative estimate of drug-likeness (QED) is 0.795. The molecule has 2 nitrogen and oxygen atoms in total. The summed E-state index contributed by atoms with van der Waals surface area (Å²) in [5.74, 6) is 0.663. The maximum atomic E-state index is 5.88. The van der Waals surface area contributed by atoms with Crippen LogP contribution < -0.4 is 10.6 Å². The smallest absolute Gasteiger partial charge is 0.0414 e. The molecule has 18 heavy (non-hydrogen) atoms. The lowest BCUT2D eigenvalue weighted by molar-refractivity contribution is 0.506. The summed E-state index contributed by atoms with van der Waals surface area (Å²) < 4.78 is 0. The second-order valence-electron chi connectivity index (χ2n) is 5.35. The highest BCUT2D eigenvalue weighted by Gasteiger charge is 2.18. The lowest BCUT2D eigenvalue weighted by Gasteiger charge is -2.35. The number of hydrogen-bond acceptors (Lipinski definition) is 2. The number of para-hydroxylation sites is 1. The Bertz CT molecular complexity index is 343. The summed E-state index contributed by atoms with van der Waals surface area (Å²) in [6.45, 7) is 10.8. The van der Waals surface area contributed by atoms with E-state index in [1.165, 1.54) is 24.1 Å². The highest BCUT2D eigenvalue weighted by molar-refractivity contribution is 5.54. The molecule has 0 unspecified atom stereocenters. The van der Waals surface area contributed by atoms with Crippen LogP contribution in [0.15, 0.2) is 24.3 Å². The largest absolute Gasteiger partial charge is 0.368 e. The van der Waals surface area contributed by atoms with Crippen LogP contribution in [0.5, 0.6) is 0 Å². The fourth-order valence-corrected chi connectivity index (χ4v) is 2.53. The average molecular weight is 248 g/mol. The van der Waals surface area contributed by atoms with E-state index in [0.29, 0.717) is 18.5 Å². The SMILES string of the molecule is CCC(CC)N(CC(C)C)c1ccccc1CN. The molecule has 2 N–H and O–H groups in total. The van der Waals surface area contributed by atoms with Gasteiger partial charge in [-0.3, -0.25) is 0 Å². The van der Waals surface area contributed by atoms with Crippen molar-refractivity contribution >= 4 is 5.69 Å². The molecule has 1 aromatic rings. The highest BCUT2D eigenvalue weighted by atomic mass is 15.2. The summed E-state index contributed by atoms with van der Waals surface area (Å²) in [6.07, 6.45) is 2.37. The third kappa shape index (κ3) is 3.74. The lowest BCUT2D eigenvalue weighted by atomic mass is 10.0. The van der Waals surface area contributed by atoms with Crippen molar-refractivity contribution in [1.29, 1.82) is 0 Å². The topological polar surface area (TPSA) is 29.3 Å². The first-order valence-electron chi connectivity index (χ1n) is 7.18. The Morgan fingerprint density at radius 1 is 1.11 bits per heavy atom. The van der Waals surface area contributed by atoms with Crippen molar-refractivity contribution in [3.63, 3.8) is 0 Å². The van der Waals surface area contributed by atoms with Crippen LogP contribution in [-0.4, -0.2) is 12.6 Å². The highest BCUT2D eigenvalue weighted by Crippen LogP contribution is 2.25. The van der Waals surface area contributed by atoms with E-state index in [1.54, 1.807) is 0 Å². The van der Waals surface area contributed by atoms with E-state index in [4.69, 9.17) is 5.73 Å². The minimum Gasteiger partial charge on any atom is -0.368 e. The number of nitrogens with two attached hydrogens (primary N) is 1. The van der Waals surface area contributed by atoms with Gasteiger partial charge >= 0.3 is 0 Å². The van der Waals surface area contributed by atoms with Crippen molar-refractivity contribution in [2.75, 3.05) is 11.4 Å². The molecule has 0 aliphatic rings. The van der Waals surface area contributed by atoms with Crippen LogP contribution in [0.1, 0.15) is 46.1 Å². The molecular weight excluding hydrogens is 220 g/mol. The first-order chi connectivity index (χ1) is 8.63. The van der Waals surface area contributed by atoms with Gasteiger partial charge in [0.15, 0.2) is 0 Å². The number of anilines is 1. The zero-order valence-electron chi connectivity index (χ0n) is 12.3. The van der Waals surface area contributed by atoms with E-state index in [0.717, 1.165) is 6.54 Å². The van der Waals surface area contributed by atoms with Crippen molar-refractivity contribution in [3.05, 3.63) is 29.8 Å². The normalized spacial score (nSPS) is 11.3. The monoisotopic (exact) mass is 248 g/mol. The van der Waals surface area contributed by atoms with Gasteiger partial charge in [0.1, 0.15) is 0 Å². The van der Waals surface area contributed by atoms with Crippen LogP contribution >= 0.6 is 0 Å². The molecule has 0 heterocycles. The van der Waals surface area contributed by atoms with E-state index in [-0.39, 0.29) is 0 Å². The van der Waals surface area contributed by atoms with Crippen LogP contribution in [-0.2, 0) is 6.54 Å². The Morgan fingerprint density at radius 3 is 2.22 bits per heavy atom. The molecular formula is C16H28N2. The molecule has 0 spiro atoms. The predicted molar refractivity (Wildman–Crippen MR) is 80.9 cm³/mol. The Kier molecular flexibility index (Phi) is 6.20. The van der Waals surface area contributed by atoms with Crippen molar-refractivity contribution in [3.8, 4) is 0 Å². The van der Waals surface area contributed by atoms with Crippen molar-refractivity contribution in [2.45, 2.75) is 53.1 Å². The number of hydrogen-bond donors (Lipinski definition) is 1. The van der Waals surface area contributed by atoms with Crippen molar-refractivity contribution < 1.29 is 0 Å². The fraction of sp³-hybridized carbons (Fsp3) is 0.625. The van der Waals surface area contributed by atoms with Crippen LogP contribution in [0, 0.1) is 5.92 Å². The Morgan fingerprint density at radius 2 is 1.72 bits per heavy atom. The minimum atomic E-state index is 0.611. The van der Waals surface area contributed by atoms with Gasteiger partial charge in [0.25, 0.3) is 0 Å². The van der Waals surface area contributed by atoms with E-state index in [2.05, 4.69) is 56.9 Å². The summed E-state index contributed by atoms with van der Waals surface area (Å²) in [7, 11) is 0. The van der Waals surface area contributed by atoms with Gasteiger partial charge in [-0.15, -0.1) is 0 Å². The van der Waals surface area contributed by atoms with Crippen molar-refractivity contribution in [2.24, 2.45) is 11.7 Å². The van der Waals surface area contributed by atoms with Gasteiger partial charge < -0.3 is 10.6 Å². The number of benzene rings is 1. The van der Waals surface area contributed by atoms with E-state index in [9.17, 15) is 0 Å². The molecule has 0 aromatic heterocycles. The molecule has 102 valence electrons. The molecule has 0 saturated carbocycles. The zero-order valence-corrected chi connectivity index (χ0v) is 12.3. The second kappa shape index (κ2) is 7.42. The molecule has 1 aromatic carbocycles. The summed E-state index contributed by atoms with van der Waals surface area (Å²) in [4.78, 5) is 2.55. The third-order valence-electron chi connectivity index (χ3n) is 3.47. The molecule has 1 rings (SSSR count). The van der Waals surface area contributed by atoms with Crippen LogP contribution in [0.25, 0.3) is 0 Å². The summed E-state index contributed by atoms with van der Waals surface area (Å²) in [5.41, 5.74) is 8.45. The van der Waals surface area contributed by atoms with Crippen molar-refractivity contribution in [1.82, 2.24) is 0 Å². The molecule has 0 bridgehead atoms. The van der Waals surface area contributed by atoms with Gasteiger partial charge in [0, 0.05) is 24.8 Å². The van der Waals surface area contributed by atoms with Crippen LogP contribution in [0.4, 0.5) is 5.69 Å². The molecule has 0 radical (unpaired) electrons. The van der Waals surface area contributed by atoms with Crippen LogP contribution in [0.2, 0.25) is 0 Å².